The molecule has 1 N–H and O–H groups in total. The minimum absolute atomic E-state index is 0.0853. The molecule has 2 amide bonds. The van der Waals surface area contributed by atoms with Crippen LogP contribution in [0.3, 0.4) is 0 Å². The maximum absolute atomic E-state index is 13.1. The quantitative estimate of drug-likeness (QED) is 0.611. The first-order valence-electron chi connectivity index (χ1n) is 10.1. The molecule has 0 bridgehead atoms. The summed E-state index contributed by atoms with van der Waals surface area (Å²) in [5.41, 5.74) is 2.61. The minimum atomic E-state index is -3.26. The highest BCUT2D eigenvalue weighted by Gasteiger charge is 2.26. The Balaban J connectivity index is 1.55. The Kier molecular flexibility index (Phi) is 6.08. The molecule has 6 nitrogen and oxygen atoms in total. The second-order valence-electron chi connectivity index (χ2n) is 7.43. The zero-order valence-corrected chi connectivity index (χ0v) is 19.3. The van der Waals surface area contributed by atoms with Crippen molar-refractivity contribution in [3.8, 4) is 0 Å². The first kappa shape index (κ1) is 22.1. The molecule has 32 heavy (non-hydrogen) atoms. The zero-order chi connectivity index (χ0) is 22.9. The smallest absolute Gasteiger partial charge is 0.259 e. The summed E-state index contributed by atoms with van der Waals surface area (Å²) < 4.78 is 23.2. The fraction of sp³-hybridized carbons (Fsp3) is 0.167. The maximum atomic E-state index is 13.1. The number of carbonyl (C=O) groups is 2. The van der Waals surface area contributed by atoms with Crippen LogP contribution < -0.4 is 10.2 Å². The molecule has 1 heterocycles. The lowest BCUT2D eigenvalue weighted by Crippen LogP contribution is -2.31. The Morgan fingerprint density at radius 3 is 2.41 bits per heavy atom. The van der Waals surface area contributed by atoms with Crippen LogP contribution in [0.15, 0.2) is 81.4 Å². The molecule has 0 aliphatic carbocycles. The topological polar surface area (TPSA) is 83.6 Å². The summed E-state index contributed by atoms with van der Waals surface area (Å²) in [6.45, 7) is 2.66. The fourth-order valence-corrected chi connectivity index (χ4v) is 5.20. The SMILES string of the molecule is CCN1C(=O)c2ccccc2Sc2ccc(C(=O)NCc3ccc(S(C)(=O)=O)cc3)cc21. The Labute approximate surface area is 191 Å². The zero-order valence-electron chi connectivity index (χ0n) is 17.7. The molecule has 1 aliphatic rings. The van der Waals surface area contributed by atoms with Crippen LogP contribution in [0.2, 0.25) is 0 Å². The summed E-state index contributed by atoms with van der Waals surface area (Å²) in [5.74, 6) is -0.354. The van der Waals surface area contributed by atoms with Crippen LogP contribution in [-0.2, 0) is 16.4 Å². The van der Waals surface area contributed by atoms with Gasteiger partial charge in [0, 0.05) is 34.7 Å². The number of fused-ring (bicyclic) bond motifs is 2. The molecule has 0 saturated heterocycles. The molecule has 0 atom stereocenters. The molecule has 3 aromatic rings. The van der Waals surface area contributed by atoms with E-state index in [4.69, 9.17) is 0 Å². The Morgan fingerprint density at radius 1 is 1.00 bits per heavy atom. The number of hydrogen-bond donors (Lipinski definition) is 1. The maximum Gasteiger partial charge on any atom is 0.259 e. The van der Waals surface area contributed by atoms with Crippen molar-refractivity contribution in [1.82, 2.24) is 5.32 Å². The van der Waals surface area contributed by atoms with E-state index < -0.39 is 9.84 Å². The normalized spacial score (nSPS) is 13.2. The third-order valence-corrected chi connectivity index (χ3v) is 7.48. The monoisotopic (exact) mass is 466 g/mol. The van der Waals surface area contributed by atoms with Gasteiger partial charge in [-0.2, -0.15) is 0 Å². The van der Waals surface area contributed by atoms with Crippen molar-refractivity contribution >= 4 is 39.1 Å². The number of rotatable bonds is 5. The number of sulfone groups is 1. The van der Waals surface area contributed by atoms with Crippen molar-refractivity contribution in [2.75, 3.05) is 17.7 Å². The standard InChI is InChI=1S/C24H22N2O4S2/c1-3-26-20-14-17(10-13-22(20)31-21-7-5-4-6-19(21)24(26)28)23(27)25-15-16-8-11-18(12-9-16)32(2,29)30/h4-14H,3,15H2,1-2H3,(H,25,27). The van der Waals surface area contributed by atoms with Gasteiger partial charge in [0.05, 0.1) is 16.1 Å². The lowest BCUT2D eigenvalue weighted by Gasteiger charge is -2.21. The predicted molar refractivity (Wildman–Crippen MR) is 125 cm³/mol. The third kappa shape index (κ3) is 4.42. The van der Waals surface area contributed by atoms with Gasteiger partial charge in [0.15, 0.2) is 9.84 Å². The summed E-state index contributed by atoms with van der Waals surface area (Å²) >= 11 is 1.52. The van der Waals surface area contributed by atoms with Crippen LogP contribution >= 0.6 is 11.8 Å². The molecule has 3 aromatic carbocycles. The van der Waals surface area contributed by atoms with Gasteiger partial charge in [-0.25, -0.2) is 8.42 Å². The Morgan fingerprint density at radius 2 is 1.72 bits per heavy atom. The highest BCUT2D eigenvalue weighted by atomic mass is 32.2. The van der Waals surface area contributed by atoms with Gasteiger partial charge in [-0.15, -0.1) is 0 Å². The summed E-state index contributed by atoms with van der Waals surface area (Å²) in [7, 11) is -3.26. The summed E-state index contributed by atoms with van der Waals surface area (Å²) in [6.07, 6.45) is 1.16. The molecule has 0 aromatic heterocycles. The molecule has 1 aliphatic heterocycles. The first-order valence-corrected chi connectivity index (χ1v) is 12.8. The molecular formula is C24H22N2O4S2. The van der Waals surface area contributed by atoms with E-state index >= 15 is 0 Å². The number of hydrogen-bond acceptors (Lipinski definition) is 5. The first-order chi connectivity index (χ1) is 15.3. The van der Waals surface area contributed by atoms with Crippen LogP contribution in [-0.4, -0.2) is 33.0 Å². The Bertz CT molecular complexity index is 1300. The third-order valence-electron chi connectivity index (χ3n) is 5.22. The molecule has 8 heteroatoms. The molecule has 0 unspecified atom stereocenters. The van der Waals surface area contributed by atoms with Crippen LogP contribution in [0, 0.1) is 0 Å². The number of nitrogens with zero attached hydrogens (tertiary/aromatic N) is 1. The summed E-state index contributed by atoms with van der Waals surface area (Å²) in [4.78, 5) is 29.6. The largest absolute Gasteiger partial charge is 0.348 e. The van der Waals surface area contributed by atoms with Gasteiger partial charge in [-0.1, -0.05) is 36.0 Å². The average molecular weight is 467 g/mol. The van der Waals surface area contributed by atoms with Gasteiger partial charge < -0.3 is 10.2 Å². The van der Waals surface area contributed by atoms with E-state index in [1.165, 1.54) is 23.9 Å². The molecule has 164 valence electrons. The van der Waals surface area contributed by atoms with Gasteiger partial charge >= 0.3 is 0 Å². The van der Waals surface area contributed by atoms with Gasteiger partial charge in [-0.05, 0) is 55.0 Å². The van der Waals surface area contributed by atoms with E-state index in [0.717, 1.165) is 21.6 Å². The van der Waals surface area contributed by atoms with Crippen molar-refractivity contribution in [1.29, 1.82) is 0 Å². The molecule has 0 saturated carbocycles. The molecule has 0 spiro atoms. The van der Waals surface area contributed by atoms with Gasteiger partial charge in [-0.3, -0.25) is 9.59 Å². The minimum Gasteiger partial charge on any atom is -0.348 e. The van der Waals surface area contributed by atoms with E-state index in [9.17, 15) is 18.0 Å². The van der Waals surface area contributed by atoms with E-state index in [1.807, 2.05) is 37.3 Å². The van der Waals surface area contributed by atoms with Gasteiger partial charge in [0.25, 0.3) is 11.8 Å². The lowest BCUT2D eigenvalue weighted by molar-refractivity contribution is 0.0947. The average Bonchev–Trinajstić information content (AvgIpc) is 2.90. The van der Waals surface area contributed by atoms with Crippen molar-refractivity contribution < 1.29 is 18.0 Å². The number of nitrogens with one attached hydrogen (secondary N) is 1. The van der Waals surface area contributed by atoms with E-state index in [-0.39, 0.29) is 23.3 Å². The highest BCUT2D eigenvalue weighted by molar-refractivity contribution is 7.99. The van der Waals surface area contributed by atoms with Crippen LogP contribution in [0.4, 0.5) is 5.69 Å². The van der Waals surface area contributed by atoms with Crippen LogP contribution in [0.25, 0.3) is 0 Å². The summed E-state index contributed by atoms with van der Waals surface area (Å²) in [6, 6.07) is 19.3. The summed E-state index contributed by atoms with van der Waals surface area (Å²) in [5, 5.41) is 2.86. The number of benzene rings is 3. The second-order valence-corrected chi connectivity index (χ2v) is 10.5. The number of anilines is 1. The molecule has 0 radical (unpaired) electrons. The van der Waals surface area contributed by atoms with E-state index in [1.54, 1.807) is 29.2 Å². The van der Waals surface area contributed by atoms with Gasteiger partial charge in [0.2, 0.25) is 0 Å². The molecule has 4 rings (SSSR count). The number of amides is 2. The fourth-order valence-electron chi connectivity index (χ4n) is 3.51. The van der Waals surface area contributed by atoms with Crippen molar-refractivity contribution in [2.45, 2.75) is 28.2 Å². The second kappa shape index (κ2) is 8.80. The molecular weight excluding hydrogens is 444 g/mol. The van der Waals surface area contributed by atoms with Crippen LogP contribution in [0.5, 0.6) is 0 Å². The molecule has 0 fully saturated rings. The van der Waals surface area contributed by atoms with E-state index in [0.29, 0.717) is 23.4 Å². The van der Waals surface area contributed by atoms with Crippen molar-refractivity contribution in [3.63, 3.8) is 0 Å². The lowest BCUT2D eigenvalue weighted by atomic mass is 10.1. The predicted octanol–water partition coefficient (Wildman–Crippen LogP) is 4.15. The van der Waals surface area contributed by atoms with Crippen molar-refractivity contribution in [3.05, 3.63) is 83.4 Å². The number of carbonyl (C=O) groups excluding carboxylic acids is 2. The van der Waals surface area contributed by atoms with Crippen molar-refractivity contribution in [2.24, 2.45) is 0 Å². The van der Waals surface area contributed by atoms with Gasteiger partial charge in [0.1, 0.15) is 0 Å². The van der Waals surface area contributed by atoms with E-state index in [2.05, 4.69) is 5.32 Å². The van der Waals surface area contributed by atoms with Crippen LogP contribution in [0.1, 0.15) is 33.2 Å². The Hall–Kier alpha value is -3.10. The highest BCUT2D eigenvalue weighted by Crippen LogP contribution is 2.41.